The van der Waals surface area contributed by atoms with Gasteiger partial charge in [0.1, 0.15) is 5.76 Å². The van der Waals surface area contributed by atoms with E-state index in [2.05, 4.69) is 27.3 Å². The third-order valence-electron chi connectivity index (χ3n) is 5.18. The molecule has 0 aromatic carbocycles. The van der Waals surface area contributed by atoms with Crippen LogP contribution in [-0.4, -0.2) is 66.7 Å². The lowest BCUT2D eigenvalue weighted by Crippen LogP contribution is -2.36. The highest BCUT2D eigenvalue weighted by Crippen LogP contribution is 2.29. The first-order valence-corrected chi connectivity index (χ1v) is 11.7. The van der Waals surface area contributed by atoms with Gasteiger partial charge in [-0.2, -0.15) is 0 Å². The lowest BCUT2D eigenvalue weighted by Gasteiger charge is -2.21. The predicted octanol–water partition coefficient (Wildman–Crippen LogP) is 2.50. The molecule has 1 N–H and O–H groups in total. The van der Waals surface area contributed by atoms with Crippen molar-refractivity contribution in [2.75, 3.05) is 49.6 Å². The van der Waals surface area contributed by atoms with E-state index in [9.17, 15) is 9.59 Å². The number of carbonyl (C=O) groups excluding carboxylic acids is 2. The molecular formula is C21H32N6O3S. The Hall–Kier alpha value is -2.46. The van der Waals surface area contributed by atoms with E-state index in [0.29, 0.717) is 29.8 Å². The van der Waals surface area contributed by atoms with Gasteiger partial charge in [-0.05, 0) is 37.9 Å². The zero-order valence-corrected chi connectivity index (χ0v) is 19.2. The van der Waals surface area contributed by atoms with Crippen molar-refractivity contribution in [2.45, 2.75) is 45.6 Å². The quantitative estimate of drug-likeness (QED) is 0.471. The number of nitrogens with one attached hydrogen (secondary N) is 1. The highest BCUT2D eigenvalue weighted by atomic mass is 32.1. The van der Waals surface area contributed by atoms with Crippen molar-refractivity contribution in [1.82, 2.24) is 20.4 Å². The van der Waals surface area contributed by atoms with E-state index in [1.165, 1.54) is 11.3 Å². The van der Waals surface area contributed by atoms with Gasteiger partial charge in [0.2, 0.25) is 22.1 Å². The molecule has 2 amide bonds. The van der Waals surface area contributed by atoms with Crippen LogP contribution in [-0.2, 0) is 16.1 Å². The minimum Gasteiger partial charge on any atom is -0.468 e. The number of nitrogens with zero attached hydrogens (tertiary/aromatic N) is 5. The molecule has 10 heteroatoms. The molecule has 0 saturated carbocycles. The first kappa shape index (κ1) is 23.2. The van der Waals surface area contributed by atoms with Crippen molar-refractivity contribution >= 4 is 33.4 Å². The van der Waals surface area contributed by atoms with E-state index in [0.717, 1.165) is 51.1 Å². The summed E-state index contributed by atoms with van der Waals surface area (Å²) in [4.78, 5) is 30.0. The molecule has 1 saturated heterocycles. The topological polar surface area (TPSA) is 94.8 Å². The lowest BCUT2D eigenvalue weighted by molar-refractivity contribution is -0.119. The molecule has 1 fully saturated rings. The van der Waals surface area contributed by atoms with Crippen LogP contribution < -0.4 is 15.1 Å². The van der Waals surface area contributed by atoms with Crippen molar-refractivity contribution in [3.63, 3.8) is 0 Å². The van der Waals surface area contributed by atoms with E-state index < -0.39 is 0 Å². The fourth-order valence-corrected chi connectivity index (χ4v) is 4.32. The SMILES string of the molecule is CCCCN(CCCNC(=O)CN(C)c1nnc(N2CCCC2=O)s1)Cc1ccco1. The minimum atomic E-state index is -0.0531. The van der Waals surface area contributed by atoms with Gasteiger partial charge in [-0.3, -0.25) is 19.4 Å². The maximum Gasteiger partial charge on any atom is 0.239 e. The summed E-state index contributed by atoms with van der Waals surface area (Å²) in [5, 5.41) is 12.5. The van der Waals surface area contributed by atoms with E-state index in [-0.39, 0.29) is 18.4 Å². The molecule has 0 spiro atoms. The maximum atomic E-state index is 12.3. The van der Waals surface area contributed by atoms with Gasteiger partial charge in [0.15, 0.2) is 0 Å². The Labute approximate surface area is 187 Å². The van der Waals surface area contributed by atoms with Crippen LogP contribution in [0.3, 0.4) is 0 Å². The molecule has 1 aliphatic rings. The normalized spacial score (nSPS) is 13.9. The Balaban J connectivity index is 1.38. The number of likely N-dealkylation sites (N-methyl/N-ethyl adjacent to an activating group) is 1. The second-order valence-corrected chi connectivity index (χ2v) is 8.72. The number of furan rings is 1. The highest BCUT2D eigenvalue weighted by molar-refractivity contribution is 7.19. The molecule has 1 aliphatic heterocycles. The molecule has 0 aliphatic carbocycles. The Morgan fingerprint density at radius 3 is 2.87 bits per heavy atom. The molecule has 31 heavy (non-hydrogen) atoms. The average molecular weight is 449 g/mol. The van der Waals surface area contributed by atoms with Crippen molar-refractivity contribution in [3.05, 3.63) is 24.2 Å². The van der Waals surface area contributed by atoms with Crippen LogP contribution in [0.1, 0.15) is 44.8 Å². The molecule has 0 bridgehead atoms. The Morgan fingerprint density at radius 2 is 2.16 bits per heavy atom. The fraction of sp³-hybridized carbons (Fsp3) is 0.619. The zero-order chi connectivity index (χ0) is 22.1. The van der Waals surface area contributed by atoms with Crippen LogP contribution in [0.25, 0.3) is 0 Å². The summed E-state index contributed by atoms with van der Waals surface area (Å²) in [6.07, 6.45) is 6.28. The summed E-state index contributed by atoms with van der Waals surface area (Å²) in [7, 11) is 1.81. The van der Waals surface area contributed by atoms with Crippen LogP contribution in [0.5, 0.6) is 0 Å². The fourth-order valence-electron chi connectivity index (χ4n) is 3.47. The van der Waals surface area contributed by atoms with Crippen LogP contribution >= 0.6 is 11.3 Å². The molecule has 3 rings (SSSR count). The van der Waals surface area contributed by atoms with Gasteiger partial charge in [0, 0.05) is 33.1 Å². The van der Waals surface area contributed by atoms with Crippen molar-refractivity contribution in [1.29, 1.82) is 0 Å². The second-order valence-electron chi connectivity index (χ2n) is 7.78. The van der Waals surface area contributed by atoms with E-state index in [1.807, 2.05) is 19.2 Å². The number of hydrogen-bond acceptors (Lipinski definition) is 8. The van der Waals surface area contributed by atoms with Crippen LogP contribution in [0, 0.1) is 0 Å². The van der Waals surface area contributed by atoms with Gasteiger partial charge in [-0.15, -0.1) is 10.2 Å². The summed E-state index contributed by atoms with van der Waals surface area (Å²) in [6.45, 7) is 6.42. The molecule has 170 valence electrons. The lowest BCUT2D eigenvalue weighted by atomic mass is 10.2. The highest BCUT2D eigenvalue weighted by Gasteiger charge is 2.25. The predicted molar refractivity (Wildman–Crippen MR) is 121 cm³/mol. The van der Waals surface area contributed by atoms with Crippen molar-refractivity contribution in [3.8, 4) is 0 Å². The number of hydrogen-bond donors (Lipinski definition) is 1. The summed E-state index contributed by atoms with van der Waals surface area (Å²) in [6, 6.07) is 3.91. The molecule has 0 radical (unpaired) electrons. The largest absolute Gasteiger partial charge is 0.468 e. The van der Waals surface area contributed by atoms with Crippen LogP contribution in [0.4, 0.5) is 10.3 Å². The Kier molecular flexibility index (Phi) is 8.84. The number of aromatic nitrogens is 2. The van der Waals surface area contributed by atoms with Gasteiger partial charge in [-0.25, -0.2) is 0 Å². The smallest absolute Gasteiger partial charge is 0.239 e. The number of carbonyl (C=O) groups is 2. The Morgan fingerprint density at radius 1 is 1.32 bits per heavy atom. The van der Waals surface area contributed by atoms with Gasteiger partial charge in [0.25, 0.3) is 0 Å². The summed E-state index contributed by atoms with van der Waals surface area (Å²) in [5.41, 5.74) is 0. The number of unbranched alkanes of at least 4 members (excludes halogenated alkanes) is 1. The minimum absolute atomic E-state index is 0.0531. The van der Waals surface area contributed by atoms with Crippen LogP contribution in [0.15, 0.2) is 22.8 Å². The van der Waals surface area contributed by atoms with Gasteiger partial charge >= 0.3 is 0 Å². The standard InChI is InChI=1S/C21H32N6O3S/c1-3-4-11-26(15-17-8-6-14-30-17)12-7-10-22-18(28)16-25(2)20-23-24-21(31-20)27-13-5-9-19(27)29/h6,8,14H,3-5,7,9-13,15-16H2,1-2H3,(H,22,28). The molecule has 0 unspecified atom stereocenters. The first-order valence-electron chi connectivity index (χ1n) is 10.9. The number of amides is 2. The second kappa shape index (κ2) is 11.8. The summed E-state index contributed by atoms with van der Waals surface area (Å²) >= 11 is 1.34. The summed E-state index contributed by atoms with van der Waals surface area (Å²) < 4.78 is 5.47. The molecular weight excluding hydrogens is 416 g/mol. The summed E-state index contributed by atoms with van der Waals surface area (Å²) in [5.74, 6) is 1.000. The zero-order valence-electron chi connectivity index (χ0n) is 18.4. The first-order chi connectivity index (χ1) is 15.1. The van der Waals surface area contributed by atoms with E-state index in [1.54, 1.807) is 16.1 Å². The monoisotopic (exact) mass is 448 g/mol. The number of rotatable bonds is 13. The third-order valence-corrected chi connectivity index (χ3v) is 6.24. The molecule has 2 aromatic rings. The third kappa shape index (κ3) is 7.03. The average Bonchev–Trinajstić information content (AvgIpc) is 3.50. The molecule has 2 aromatic heterocycles. The van der Waals surface area contributed by atoms with Crippen molar-refractivity contribution < 1.29 is 14.0 Å². The Bertz CT molecular complexity index is 825. The maximum absolute atomic E-state index is 12.3. The molecule has 9 nitrogen and oxygen atoms in total. The number of anilines is 2. The molecule has 3 heterocycles. The van der Waals surface area contributed by atoms with Crippen LogP contribution in [0.2, 0.25) is 0 Å². The van der Waals surface area contributed by atoms with Gasteiger partial charge < -0.3 is 14.6 Å². The van der Waals surface area contributed by atoms with E-state index >= 15 is 0 Å². The van der Waals surface area contributed by atoms with Gasteiger partial charge in [0.05, 0.1) is 19.4 Å². The van der Waals surface area contributed by atoms with E-state index in [4.69, 9.17) is 4.42 Å². The van der Waals surface area contributed by atoms with Gasteiger partial charge in [-0.1, -0.05) is 24.7 Å². The molecule has 0 atom stereocenters. The van der Waals surface area contributed by atoms with Crippen molar-refractivity contribution in [2.24, 2.45) is 0 Å².